The molecule has 7 nitrogen and oxygen atoms in total. The molecule has 1 atom stereocenters. The molecule has 6 N–H and O–H groups in total. The lowest BCUT2D eigenvalue weighted by Gasteiger charge is -2.21. The third-order valence-corrected chi connectivity index (χ3v) is 3.07. The fourth-order valence-corrected chi connectivity index (χ4v) is 1.89. The van der Waals surface area contributed by atoms with E-state index in [-0.39, 0.29) is 5.92 Å². The maximum absolute atomic E-state index is 11.5. The molecule has 0 saturated heterocycles. The van der Waals surface area contributed by atoms with Gasteiger partial charge in [0.15, 0.2) is 0 Å². The minimum absolute atomic E-state index is 0.0609. The van der Waals surface area contributed by atoms with Crippen LogP contribution in [0.3, 0.4) is 0 Å². The van der Waals surface area contributed by atoms with Gasteiger partial charge in [0.25, 0.3) is 0 Å². The number of amides is 1. The minimum Gasteiger partial charge on any atom is -0.368 e. The molecule has 0 aliphatic carbocycles. The van der Waals surface area contributed by atoms with Gasteiger partial charge in [-0.25, -0.2) is 15.8 Å². The van der Waals surface area contributed by atoms with E-state index < -0.39 is 11.9 Å². The van der Waals surface area contributed by atoms with Crippen LogP contribution in [0, 0.1) is 12.8 Å². The molecule has 1 rings (SSSR count). The lowest BCUT2D eigenvalue weighted by Crippen LogP contribution is -2.40. The first kappa shape index (κ1) is 16.2. The summed E-state index contributed by atoms with van der Waals surface area (Å²) in [6, 6.07) is -0.483. The van der Waals surface area contributed by atoms with Crippen molar-refractivity contribution in [3.05, 3.63) is 11.4 Å². The predicted molar refractivity (Wildman–Crippen MR) is 80.0 cm³/mol. The average molecular weight is 280 g/mol. The zero-order valence-corrected chi connectivity index (χ0v) is 12.5. The minimum atomic E-state index is -0.483. The normalized spacial score (nSPS) is 12.3. The Morgan fingerprint density at radius 2 is 1.90 bits per heavy atom. The highest BCUT2D eigenvalue weighted by Crippen LogP contribution is 2.21. The maximum atomic E-state index is 11.5. The summed E-state index contributed by atoms with van der Waals surface area (Å²) in [5.74, 6) is 6.96. The van der Waals surface area contributed by atoms with Gasteiger partial charge in [-0.05, 0) is 19.3 Å². The summed E-state index contributed by atoms with van der Waals surface area (Å²) >= 11 is 0. The van der Waals surface area contributed by atoms with Gasteiger partial charge < -0.3 is 16.5 Å². The van der Waals surface area contributed by atoms with Crippen LogP contribution in [0.1, 0.15) is 38.6 Å². The van der Waals surface area contributed by atoms with Gasteiger partial charge in [0.05, 0.1) is 0 Å². The van der Waals surface area contributed by atoms with Crippen LogP contribution >= 0.6 is 0 Å². The van der Waals surface area contributed by atoms with Crippen LogP contribution < -0.4 is 22.3 Å². The van der Waals surface area contributed by atoms with Crippen LogP contribution in [0.15, 0.2) is 0 Å². The number of rotatable bonds is 7. The number of hydrogen-bond acceptors (Lipinski definition) is 6. The summed E-state index contributed by atoms with van der Waals surface area (Å²) in [4.78, 5) is 20.3. The summed E-state index contributed by atoms with van der Waals surface area (Å²) in [5.41, 5.74) is 8.74. The van der Waals surface area contributed by atoms with E-state index in [4.69, 9.17) is 11.6 Å². The van der Waals surface area contributed by atoms with Crippen molar-refractivity contribution in [3.8, 4) is 0 Å². The van der Waals surface area contributed by atoms with E-state index in [9.17, 15) is 4.79 Å². The number of carbonyl (C=O) groups excluding carboxylic acids is 1. The molecule has 1 unspecified atom stereocenters. The van der Waals surface area contributed by atoms with Crippen molar-refractivity contribution in [1.29, 1.82) is 0 Å². The van der Waals surface area contributed by atoms with Crippen LogP contribution in [0.4, 0.5) is 11.6 Å². The molecule has 0 bridgehead atoms. The molecule has 20 heavy (non-hydrogen) atoms. The van der Waals surface area contributed by atoms with E-state index in [0.717, 1.165) is 18.4 Å². The van der Waals surface area contributed by atoms with Crippen LogP contribution in [-0.4, -0.2) is 21.9 Å². The fraction of sp³-hybridized carbons (Fsp3) is 0.615. The second kappa shape index (κ2) is 7.04. The number of aryl methyl sites for hydroxylation is 1. The summed E-state index contributed by atoms with van der Waals surface area (Å²) in [6.45, 7) is 7.74. The van der Waals surface area contributed by atoms with Crippen molar-refractivity contribution < 1.29 is 4.79 Å². The van der Waals surface area contributed by atoms with Crippen LogP contribution in [0.2, 0.25) is 0 Å². The van der Waals surface area contributed by atoms with Crippen molar-refractivity contribution >= 4 is 17.5 Å². The summed E-state index contributed by atoms with van der Waals surface area (Å²) in [7, 11) is 0. The molecule has 0 aromatic carbocycles. The van der Waals surface area contributed by atoms with E-state index >= 15 is 0 Å². The molecule has 1 aromatic heterocycles. The monoisotopic (exact) mass is 280 g/mol. The molecule has 0 radical (unpaired) electrons. The lowest BCUT2D eigenvalue weighted by atomic mass is 10.0. The number of nitrogens with one attached hydrogen (secondary N) is 2. The van der Waals surface area contributed by atoms with Gasteiger partial charge >= 0.3 is 0 Å². The highest BCUT2D eigenvalue weighted by atomic mass is 16.1. The Morgan fingerprint density at radius 1 is 1.30 bits per heavy atom. The number of nitrogen functional groups attached to an aromatic ring is 1. The van der Waals surface area contributed by atoms with Gasteiger partial charge in [-0.1, -0.05) is 20.8 Å². The third-order valence-electron chi connectivity index (χ3n) is 3.07. The van der Waals surface area contributed by atoms with Crippen molar-refractivity contribution in [2.75, 3.05) is 10.7 Å². The molecule has 0 fully saturated rings. The van der Waals surface area contributed by atoms with E-state index in [1.54, 1.807) is 0 Å². The zero-order valence-electron chi connectivity index (χ0n) is 12.5. The Labute approximate surface area is 119 Å². The second-order valence-electron chi connectivity index (χ2n) is 5.12. The number of nitrogens with zero attached hydrogens (tertiary/aromatic N) is 2. The first-order chi connectivity index (χ1) is 9.40. The van der Waals surface area contributed by atoms with Gasteiger partial charge in [0, 0.05) is 12.0 Å². The Hall–Kier alpha value is -1.89. The molecule has 1 amide bonds. The van der Waals surface area contributed by atoms with E-state index in [2.05, 4.69) is 20.7 Å². The molecule has 0 aliphatic rings. The molecular formula is C13H24N6O. The van der Waals surface area contributed by atoms with Crippen LogP contribution in [0.5, 0.6) is 0 Å². The van der Waals surface area contributed by atoms with Gasteiger partial charge in [0.2, 0.25) is 5.91 Å². The molecule has 1 aromatic rings. The molecule has 0 aliphatic heterocycles. The van der Waals surface area contributed by atoms with Crippen LogP contribution in [-0.2, 0) is 11.2 Å². The van der Waals surface area contributed by atoms with Crippen molar-refractivity contribution in [2.24, 2.45) is 17.5 Å². The standard InChI is InChI=1S/C13H24N6O/c1-5-6-9-16-12(8(4)13(17-9)19-15)18-10(7(2)3)11(14)20/h7,10H,5-6,15H2,1-4H3,(H2,14,20)(H2,16,17,18,19). The first-order valence-corrected chi connectivity index (χ1v) is 6.80. The van der Waals surface area contributed by atoms with E-state index in [1.807, 2.05) is 27.7 Å². The molecule has 7 heteroatoms. The molecule has 0 saturated carbocycles. The third kappa shape index (κ3) is 3.80. The van der Waals surface area contributed by atoms with Crippen molar-refractivity contribution in [3.63, 3.8) is 0 Å². The van der Waals surface area contributed by atoms with Crippen molar-refractivity contribution in [2.45, 2.75) is 46.6 Å². The van der Waals surface area contributed by atoms with Gasteiger partial charge in [-0.15, -0.1) is 0 Å². The number of aromatic nitrogens is 2. The Kier molecular flexibility index (Phi) is 5.69. The van der Waals surface area contributed by atoms with Gasteiger partial charge in [-0.3, -0.25) is 4.79 Å². The van der Waals surface area contributed by atoms with Gasteiger partial charge in [0.1, 0.15) is 23.5 Å². The maximum Gasteiger partial charge on any atom is 0.240 e. The summed E-state index contributed by atoms with van der Waals surface area (Å²) < 4.78 is 0. The fourth-order valence-electron chi connectivity index (χ4n) is 1.89. The summed E-state index contributed by atoms with van der Waals surface area (Å²) in [5, 5.41) is 3.10. The quantitative estimate of drug-likeness (QED) is 0.436. The highest BCUT2D eigenvalue weighted by Gasteiger charge is 2.21. The molecule has 0 spiro atoms. The smallest absolute Gasteiger partial charge is 0.240 e. The van der Waals surface area contributed by atoms with Gasteiger partial charge in [-0.2, -0.15) is 0 Å². The van der Waals surface area contributed by atoms with Crippen molar-refractivity contribution in [1.82, 2.24) is 9.97 Å². The number of nitrogens with two attached hydrogens (primary N) is 2. The SMILES string of the molecule is CCCc1nc(NN)c(C)c(NC(C(N)=O)C(C)C)n1. The number of carbonyl (C=O) groups is 1. The average Bonchev–Trinajstić information content (AvgIpc) is 2.38. The Morgan fingerprint density at radius 3 is 2.35 bits per heavy atom. The largest absolute Gasteiger partial charge is 0.368 e. The lowest BCUT2D eigenvalue weighted by molar-refractivity contribution is -0.119. The van der Waals surface area contributed by atoms with E-state index in [1.165, 1.54) is 0 Å². The molecular weight excluding hydrogens is 256 g/mol. The molecule has 1 heterocycles. The predicted octanol–water partition coefficient (Wildman–Crippen LogP) is 0.945. The number of hydrazine groups is 1. The Balaban J connectivity index is 3.14. The number of hydrogen-bond donors (Lipinski definition) is 4. The summed E-state index contributed by atoms with van der Waals surface area (Å²) in [6.07, 6.45) is 1.67. The zero-order chi connectivity index (χ0) is 15.3. The first-order valence-electron chi connectivity index (χ1n) is 6.80. The second-order valence-corrected chi connectivity index (χ2v) is 5.12. The molecule has 112 valence electrons. The Bertz CT molecular complexity index is 474. The number of anilines is 2. The topological polar surface area (TPSA) is 119 Å². The van der Waals surface area contributed by atoms with Crippen LogP contribution in [0.25, 0.3) is 0 Å². The van der Waals surface area contributed by atoms with E-state index in [0.29, 0.717) is 17.5 Å². The highest BCUT2D eigenvalue weighted by molar-refractivity contribution is 5.83. The number of primary amides is 1.